The van der Waals surface area contributed by atoms with E-state index in [-0.39, 0.29) is 0 Å². The van der Waals surface area contributed by atoms with E-state index < -0.39 is 6.17 Å². The van der Waals surface area contributed by atoms with Gasteiger partial charge in [-0.25, -0.2) is 4.39 Å². The van der Waals surface area contributed by atoms with E-state index in [9.17, 15) is 4.39 Å². The first kappa shape index (κ1) is 8.72. The van der Waals surface area contributed by atoms with Gasteiger partial charge < -0.3 is 0 Å². The molecule has 1 unspecified atom stereocenters. The lowest BCUT2D eigenvalue weighted by molar-refractivity contribution is 0.333. The number of alkyl halides is 1. The summed E-state index contributed by atoms with van der Waals surface area (Å²) in [5.74, 6) is 0. The van der Waals surface area contributed by atoms with Crippen LogP contribution in [0.1, 0.15) is 25.1 Å². The molecule has 1 aromatic carbocycles. The highest BCUT2D eigenvalue weighted by atomic mass is 79.9. The molecule has 0 aliphatic carbocycles. The molecule has 1 aromatic rings. The van der Waals surface area contributed by atoms with Crippen LogP contribution >= 0.6 is 15.9 Å². The summed E-state index contributed by atoms with van der Waals surface area (Å²) in [6.45, 7) is 1.84. The second-order valence-corrected chi connectivity index (χ2v) is 3.25. The van der Waals surface area contributed by atoms with Crippen LogP contribution in [-0.4, -0.2) is 0 Å². The van der Waals surface area contributed by atoms with Crippen molar-refractivity contribution in [3.8, 4) is 0 Å². The maximum absolute atomic E-state index is 13.1. The number of hydrogen-bond acceptors (Lipinski definition) is 0. The van der Waals surface area contributed by atoms with Gasteiger partial charge in [0.15, 0.2) is 0 Å². The monoisotopic (exact) mass is 216 g/mol. The number of hydrogen-bond donors (Lipinski definition) is 0. The Morgan fingerprint density at radius 1 is 1.45 bits per heavy atom. The van der Waals surface area contributed by atoms with Crippen molar-refractivity contribution in [3.05, 3.63) is 34.3 Å². The van der Waals surface area contributed by atoms with Gasteiger partial charge in [-0.15, -0.1) is 0 Å². The Kier molecular flexibility index (Phi) is 3.06. The Balaban J connectivity index is 2.93. The molecular weight excluding hydrogens is 207 g/mol. The van der Waals surface area contributed by atoms with Gasteiger partial charge in [-0.05, 0) is 12.5 Å². The van der Waals surface area contributed by atoms with Gasteiger partial charge in [-0.2, -0.15) is 0 Å². The van der Waals surface area contributed by atoms with Crippen LogP contribution in [0.3, 0.4) is 0 Å². The minimum absolute atomic E-state index is 0.530. The van der Waals surface area contributed by atoms with Crippen molar-refractivity contribution in [3.63, 3.8) is 0 Å². The lowest BCUT2D eigenvalue weighted by atomic mass is 10.1. The SMILES string of the molecule is CCC(F)c1ccccc1Br. The molecule has 1 atom stereocenters. The summed E-state index contributed by atoms with van der Waals surface area (Å²) in [5, 5.41) is 0. The third-order valence-electron chi connectivity index (χ3n) is 1.60. The summed E-state index contributed by atoms with van der Waals surface area (Å²) in [5.41, 5.74) is 0.745. The van der Waals surface area contributed by atoms with E-state index in [0.29, 0.717) is 6.42 Å². The largest absolute Gasteiger partial charge is 0.242 e. The molecule has 0 heterocycles. The molecule has 0 aromatic heterocycles. The van der Waals surface area contributed by atoms with Crippen LogP contribution in [0.25, 0.3) is 0 Å². The zero-order valence-corrected chi connectivity index (χ0v) is 7.94. The number of halogens is 2. The molecule has 0 saturated carbocycles. The highest BCUT2D eigenvalue weighted by Crippen LogP contribution is 2.27. The Labute approximate surface area is 74.6 Å². The van der Waals surface area contributed by atoms with Crippen LogP contribution in [0.4, 0.5) is 4.39 Å². The molecule has 0 nitrogen and oxygen atoms in total. The third-order valence-corrected chi connectivity index (χ3v) is 2.32. The molecule has 0 fully saturated rings. The van der Waals surface area contributed by atoms with E-state index in [4.69, 9.17) is 0 Å². The first-order chi connectivity index (χ1) is 5.25. The molecule has 0 N–H and O–H groups in total. The summed E-state index contributed by atoms with van der Waals surface area (Å²) < 4.78 is 14.0. The van der Waals surface area contributed by atoms with E-state index in [2.05, 4.69) is 15.9 Å². The van der Waals surface area contributed by atoms with E-state index in [1.165, 1.54) is 0 Å². The van der Waals surface area contributed by atoms with Gasteiger partial charge in [0.1, 0.15) is 6.17 Å². The van der Waals surface area contributed by atoms with E-state index in [0.717, 1.165) is 10.0 Å². The fraction of sp³-hybridized carbons (Fsp3) is 0.333. The van der Waals surface area contributed by atoms with Crippen LogP contribution in [0.15, 0.2) is 28.7 Å². The number of benzene rings is 1. The van der Waals surface area contributed by atoms with Gasteiger partial charge in [0.2, 0.25) is 0 Å². The highest BCUT2D eigenvalue weighted by molar-refractivity contribution is 9.10. The van der Waals surface area contributed by atoms with Crippen molar-refractivity contribution in [2.24, 2.45) is 0 Å². The lowest BCUT2D eigenvalue weighted by Gasteiger charge is -2.06. The molecular formula is C9H10BrF. The molecule has 0 spiro atoms. The average Bonchev–Trinajstić information content (AvgIpc) is 2.04. The van der Waals surface area contributed by atoms with Crippen molar-refractivity contribution in [2.75, 3.05) is 0 Å². The highest BCUT2D eigenvalue weighted by Gasteiger charge is 2.08. The summed E-state index contributed by atoms with van der Waals surface area (Å²) in [7, 11) is 0. The molecule has 60 valence electrons. The third kappa shape index (κ3) is 2.03. The van der Waals surface area contributed by atoms with Crippen LogP contribution in [-0.2, 0) is 0 Å². The quantitative estimate of drug-likeness (QED) is 0.705. The second kappa shape index (κ2) is 3.86. The lowest BCUT2D eigenvalue weighted by Crippen LogP contribution is -1.89. The van der Waals surface area contributed by atoms with Crippen molar-refractivity contribution in [2.45, 2.75) is 19.5 Å². The predicted molar refractivity (Wildman–Crippen MR) is 48.3 cm³/mol. The summed E-state index contributed by atoms with van der Waals surface area (Å²) in [4.78, 5) is 0. The Bertz CT molecular complexity index is 235. The zero-order chi connectivity index (χ0) is 8.27. The maximum atomic E-state index is 13.1. The minimum atomic E-state index is -0.842. The Hall–Kier alpha value is -0.370. The minimum Gasteiger partial charge on any atom is -0.242 e. The molecule has 0 bridgehead atoms. The first-order valence-electron chi connectivity index (χ1n) is 3.64. The molecule has 0 radical (unpaired) electrons. The van der Waals surface area contributed by atoms with Gasteiger partial charge in [-0.3, -0.25) is 0 Å². The van der Waals surface area contributed by atoms with Crippen molar-refractivity contribution in [1.29, 1.82) is 0 Å². The van der Waals surface area contributed by atoms with E-state index in [1.54, 1.807) is 6.07 Å². The Morgan fingerprint density at radius 3 is 2.64 bits per heavy atom. The summed E-state index contributed by atoms with van der Waals surface area (Å²) in [6, 6.07) is 7.40. The fourth-order valence-corrected chi connectivity index (χ4v) is 1.48. The van der Waals surface area contributed by atoms with Crippen LogP contribution in [0.2, 0.25) is 0 Å². The summed E-state index contributed by atoms with van der Waals surface area (Å²) in [6.07, 6.45) is -0.312. The van der Waals surface area contributed by atoms with E-state index in [1.807, 2.05) is 25.1 Å². The van der Waals surface area contributed by atoms with Crippen LogP contribution in [0, 0.1) is 0 Å². The van der Waals surface area contributed by atoms with E-state index >= 15 is 0 Å². The average molecular weight is 217 g/mol. The fourth-order valence-electron chi connectivity index (χ4n) is 0.949. The van der Waals surface area contributed by atoms with Gasteiger partial charge in [0.05, 0.1) is 0 Å². The van der Waals surface area contributed by atoms with Crippen molar-refractivity contribution in [1.82, 2.24) is 0 Å². The molecule has 0 saturated heterocycles. The standard InChI is InChI=1S/C9H10BrF/c1-2-9(11)7-5-3-4-6-8(7)10/h3-6,9H,2H2,1H3. The molecule has 1 rings (SSSR count). The molecule has 0 amide bonds. The smallest absolute Gasteiger partial charge is 0.126 e. The molecule has 0 aliphatic rings. The molecule has 11 heavy (non-hydrogen) atoms. The zero-order valence-electron chi connectivity index (χ0n) is 6.35. The molecule has 0 aliphatic heterocycles. The van der Waals surface area contributed by atoms with Crippen molar-refractivity contribution >= 4 is 15.9 Å². The van der Waals surface area contributed by atoms with Crippen LogP contribution in [0.5, 0.6) is 0 Å². The summed E-state index contributed by atoms with van der Waals surface area (Å²) >= 11 is 3.30. The normalized spacial score (nSPS) is 13.0. The first-order valence-corrected chi connectivity index (χ1v) is 4.43. The maximum Gasteiger partial charge on any atom is 0.126 e. The van der Waals surface area contributed by atoms with Gasteiger partial charge in [0, 0.05) is 10.0 Å². The number of rotatable bonds is 2. The second-order valence-electron chi connectivity index (χ2n) is 2.40. The predicted octanol–water partition coefficient (Wildman–Crippen LogP) is 3.87. The Morgan fingerprint density at radius 2 is 2.09 bits per heavy atom. The topological polar surface area (TPSA) is 0 Å². The van der Waals surface area contributed by atoms with Gasteiger partial charge in [0.25, 0.3) is 0 Å². The van der Waals surface area contributed by atoms with Gasteiger partial charge >= 0.3 is 0 Å². The molecule has 2 heteroatoms. The van der Waals surface area contributed by atoms with Crippen LogP contribution < -0.4 is 0 Å². The van der Waals surface area contributed by atoms with Crippen molar-refractivity contribution < 1.29 is 4.39 Å². The van der Waals surface area contributed by atoms with Gasteiger partial charge in [-0.1, -0.05) is 41.1 Å².